The van der Waals surface area contributed by atoms with E-state index in [2.05, 4.69) is 5.32 Å². The molecule has 1 amide bonds. The van der Waals surface area contributed by atoms with E-state index < -0.39 is 10.0 Å². The summed E-state index contributed by atoms with van der Waals surface area (Å²) in [6, 6.07) is 9.18. The average molecular weight is 407 g/mol. The van der Waals surface area contributed by atoms with E-state index in [1.54, 1.807) is 32.0 Å². The Bertz CT molecular complexity index is 937. The number of aryl methyl sites for hydroxylation is 2. The molecule has 5 nitrogen and oxygen atoms in total. The molecule has 0 heterocycles. The van der Waals surface area contributed by atoms with Crippen LogP contribution in [0.25, 0.3) is 0 Å². The molecule has 2 rings (SSSR count). The highest BCUT2D eigenvalue weighted by atomic mass is 32.2. The van der Waals surface area contributed by atoms with Crippen molar-refractivity contribution in [1.82, 2.24) is 4.31 Å². The van der Waals surface area contributed by atoms with E-state index in [1.807, 2.05) is 13.8 Å². The van der Waals surface area contributed by atoms with Gasteiger partial charge in [-0.3, -0.25) is 4.79 Å². The quantitative estimate of drug-likeness (QED) is 0.719. The van der Waals surface area contributed by atoms with Gasteiger partial charge in [-0.25, -0.2) is 12.8 Å². The third-order valence-corrected chi connectivity index (χ3v) is 6.84. The summed E-state index contributed by atoms with van der Waals surface area (Å²) in [7, 11) is -3.61. The maximum Gasteiger partial charge on any atom is 0.243 e. The molecule has 152 valence electrons. The van der Waals surface area contributed by atoms with Gasteiger partial charge < -0.3 is 5.32 Å². The first kappa shape index (κ1) is 22.0. The zero-order chi connectivity index (χ0) is 20.9. The molecular formula is C21H27FN2O3S. The highest BCUT2D eigenvalue weighted by molar-refractivity contribution is 7.89. The Labute approximate surface area is 166 Å². The van der Waals surface area contributed by atoms with Crippen LogP contribution in [0, 0.1) is 19.7 Å². The van der Waals surface area contributed by atoms with Crippen LogP contribution in [0.1, 0.15) is 37.0 Å². The van der Waals surface area contributed by atoms with Gasteiger partial charge in [0.15, 0.2) is 0 Å². The SMILES string of the molecule is CCN(CC)S(=O)(=O)c1cc(C)c(C)c(NC(=O)CCc2ccc(F)cc2)c1. The van der Waals surface area contributed by atoms with E-state index in [4.69, 9.17) is 0 Å². The second kappa shape index (κ2) is 9.30. The van der Waals surface area contributed by atoms with E-state index in [-0.39, 0.29) is 23.0 Å². The van der Waals surface area contributed by atoms with Crippen molar-refractivity contribution in [2.45, 2.75) is 45.4 Å². The zero-order valence-electron chi connectivity index (χ0n) is 16.8. The van der Waals surface area contributed by atoms with Crippen LogP contribution >= 0.6 is 0 Å². The Kier molecular flexibility index (Phi) is 7.32. The number of hydrogen-bond acceptors (Lipinski definition) is 3. The largest absolute Gasteiger partial charge is 0.326 e. The summed E-state index contributed by atoms with van der Waals surface area (Å²) in [5.41, 5.74) is 2.98. The lowest BCUT2D eigenvalue weighted by Gasteiger charge is -2.20. The van der Waals surface area contributed by atoms with Crippen molar-refractivity contribution >= 4 is 21.6 Å². The second-order valence-corrected chi connectivity index (χ2v) is 8.61. The second-order valence-electron chi connectivity index (χ2n) is 6.68. The standard InChI is InChI=1S/C21H27FN2O3S/c1-5-24(6-2)28(26,27)19-13-15(3)16(4)20(14-19)23-21(25)12-9-17-7-10-18(22)11-8-17/h7-8,10-11,13-14H,5-6,9,12H2,1-4H3,(H,23,25). The van der Waals surface area contributed by atoms with Crippen molar-refractivity contribution in [3.05, 3.63) is 58.9 Å². The maximum absolute atomic E-state index is 13.0. The number of nitrogens with one attached hydrogen (secondary N) is 1. The van der Waals surface area contributed by atoms with Crippen molar-refractivity contribution in [3.8, 4) is 0 Å². The lowest BCUT2D eigenvalue weighted by molar-refractivity contribution is -0.116. The van der Waals surface area contributed by atoms with E-state index >= 15 is 0 Å². The molecular weight excluding hydrogens is 379 g/mol. The van der Waals surface area contributed by atoms with Gasteiger partial charge in [-0.2, -0.15) is 4.31 Å². The summed E-state index contributed by atoms with van der Waals surface area (Å²) in [6.45, 7) is 8.01. The average Bonchev–Trinajstić information content (AvgIpc) is 2.65. The fourth-order valence-corrected chi connectivity index (χ4v) is 4.51. The monoisotopic (exact) mass is 406 g/mol. The molecule has 28 heavy (non-hydrogen) atoms. The van der Waals surface area contributed by atoms with Gasteiger partial charge in [0, 0.05) is 25.2 Å². The molecule has 0 radical (unpaired) electrons. The topological polar surface area (TPSA) is 66.5 Å². The van der Waals surface area contributed by atoms with Crippen LogP contribution in [0.3, 0.4) is 0 Å². The molecule has 2 aromatic rings. The van der Waals surface area contributed by atoms with Crippen LogP contribution in [0.5, 0.6) is 0 Å². The molecule has 0 aliphatic rings. The third-order valence-electron chi connectivity index (χ3n) is 4.81. The van der Waals surface area contributed by atoms with Gasteiger partial charge >= 0.3 is 0 Å². The van der Waals surface area contributed by atoms with Crippen LogP contribution < -0.4 is 5.32 Å². The number of halogens is 1. The summed E-state index contributed by atoms with van der Waals surface area (Å²) in [4.78, 5) is 12.6. The molecule has 0 atom stereocenters. The summed E-state index contributed by atoms with van der Waals surface area (Å²) in [5.74, 6) is -0.533. The molecule has 7 heteroatoms. The molecule has 0 bridgehead atoms. The molecule has 0 fully saturated rings. The first-order valence-corrected chi connectivity index (χ1v) is 10.8. The number of nitrogens with zero attached hydrogens (tertiary/aromatic N) is 1. The molecule has 0 unspecified atom stereocenters. The van der Waals surface area contributed by atoms with Crippen LogP contribution in [0.4, 0.5) is 10.1 Å². The number of benzene rings is 2. The summed E-state index contributed by atoms with van der Waals surface area (Å²) in [6.07, 6.45) is 0.693. The highest BCUT2D eigenvalue weighted by Gasteiger charge is 2.23. The summed E-state index contributed by atoms with van der Waals surface area (Å²) >= 11 is 0. The van der Waals surface area contributed by atoms with Gasteiger partial charge in [-0.15, -0.1) is 0 Å². The van der Waals surface area contributed by atoms with Crippen LogP contribution in [-0.4, -0.2) is 31.7 Å². The van der Waals surface area contributed by atoms with Gasteiger partial charge in [-0.1, -0.05) is 26.0 Å². The number of carbonyl (C=O) groups is 1. The third kappa shape index (κ3) is 5.17. The highest BCUT2D eigenvalue weighted by Crippen LogP contribution is 2.26. The Balaban J connectivity index is 2.19. The van der Waals surface area contributed by atoms with E-state index in [1.165, 1.54) is 22.5 Å². The molecule has 1 N–H and O–H groups in total. The minimum atomic E-state index is -3.61. The summed E-state index contributed by atoms with van der Waals surface area (Å²) < 4.78 is 40.0. The lowest BCUT2D eigenvalue weighted by Crippen LogP contribution is -2.30. The van der Waals surface area contributed by atoms with Gasteiger partial charge in [0.2, 0.25) is 15.9 Å². The molecule has 0 aromatic heterocycles. The number of amides is 1. The van der Waals surface area contributed by atoms with Crippen molar-refractivity contribution < 1.29 is 17.6 Å². The first-order valence-electron chi connectivity index (χ1n) is 9.34. The van der Waals surface area contributed by atoms with Gasteiger partial charge in [0.1, 0.15) is 5.82 Å². The molecule has 0 aliphatic carbocycles. The molecule has 0 saturated carbocycles. The van der Waals surface area contributed by atoms with Crippen LogP contribution in [0.2, 0.25) is 0 Å². The normalized spacial score (nSPS) is 11.6. The van der Waals surface area contributed by atoms with E-state index in [9.17, 15) is 17.6 Å². The number of anilines is 1. The Hall–Kier alpha value is -2.25. The predicted molar refractivity (Wildman–Crippen MR) is 109 cm³/mol. The van der Waals surface area contributed by atoms with Crippen LogP contribution in [-0.2, 0) is 21.2 Å². The minimum Gasteiger partial charge on any atom is -0.326 e. The fraction of sp³-hybridized carbons (Fsp3) is 0.381. The van der Waals surface area contributed by atoms with E-state index in [0.717, 1.165) is 16.7 Å². The Morgan fingerprint density at radius 2 is 1.68 bits per heavy atom. The van der Waals surface area contributed by atoms with Gasteiger partial charge in [0.25, 0.3) is 0 Å². The van der Waals surface area contributed by atoms with Crippen molar-refractivity contribution in [3.63, 3.8) is 0 Å². The van der Waals surface area contributed by atoms with Crippen LogP contribution in [0.15, 0.2) is 41.3 Å². The molecule has 2 aromatic carbocycles. The number of carbonyl (C=O) groups excluding carboxylic acids is 1. The number of hydrogen-bond donors (Lipinski definition) is 1. The minimum absolute atomic E-state index is 0.174. The van der Waals surface area contributed by atoms with Crippen molar-refractivity contribution in [2.24, 2.45) is 0 Å². The lowest BCUT2D eigenvalue weighted by atomic mass is 10.1. The fourth-order valence-electron chi connectivity index (χ4n) is 2.94. The predicted octanol–water partition coefficient (Wildman–Crippen LogP) is 4.04. The Morgan fingerprint density at radius 1 is 1.07 bits per heavy atom. The molecule has 0 aliphatic heterocycles. The first-order chi connectivity index (χ1) is 13.2. The van der Waals surface area contributed by atoms with Crippen molar-refractivity contribution in [2.75, 3.05) is 18.4 Å². The molecule has 0 saturated heterocycles. The zero-order valence-corrected chi connectivity index (χ0v) is 17.6. The maximum atomic E-state index is 13.0. The van der Waals surface area contributed by atoms with Gasteiger partial charge in [-0.05, 0) is 61.2 Å². The molecule has 0 spiro atoms. The number of rotatable bonds is 8. The summed E-state index contributed by atoms with van der Waals surface area (Å²) in [5, 5.41) is 2.82. The smallest absolute Gasteiger partial charge is 0.243 e. The van der Waals surface area contributed by atoms with Crippen molar-refractivity contribution in [1.29, 1.82) is 0 Å². The van der Waals surface area contributed by atoms with Gasteiger partial charge in [0.05, 0.1) is 4.90 Å². The Morgan fingerprint density at radius 3 is 2.25 bits per heavy atom. The number of sulfonamides is 1. The van der Waals surface area contributed by atoms with E-state index in [0.29, 0.717) is 25.2 Å².